The van der Waals surface area contributed by atoms with Gasteiger partial charge in [0.2, 0.25) is 0 Å². The van der Waals surface area contributed by atoms with E-state index in [4.69, 9.17) is 0 Å². The van der Waals surface area contributed by atoms with Crippen molar-refractivity contribution in [3.05, 3.63) is 24.8 Å². The van der Waals surface area contributed by atoms with Crippen LogP contribution in [0.5, 0.6) is 0 Å². The summed E-state index contributed by atoms with van der Waals surface area (Å²) in [5.41, 5.74) is 0. The van der Waals surface area contributed by atoms with E-state index in [0.29, 0.717) is 0 Å². The smallest absolute Gasteiger partial charge is 0.165 e. The van der Waals surface area contributed by atoms with Crippen LogP contribution in [0.1, 0.15) is 0 Å². The first-order valence-electron chi connectivity index (χ1n) is 2.59. The summed E-state index contributed by atoms with van der Waals surface area (Å²) in [6.45, 7) is 0. The fraction of sp³-hybridized carbons (Fsp3) is 0.333. The van der Waals surface area contributed by atoms with Gasteiger partial charge in [-0.2, -0.15) is 0 Å². The van der Waals surface area contributed by atoms with Gasteiger partial charge in [0, 0.05) is 7.05 Å². The van der Waals surface area contributed by atoms with Crippen molar-refractivity contribution in [3.8, 4) is 0 Å². The average molecular weight is 110 g/mol. The number of rotatable bonds is 0. The van der Waals surface area contributed by atoms with Crippen molar-refractivity contribution in [2.24, 2.45) is 0 Å². The van der Waals surface area contributed by atoms with E-state index in [1.807, 2.05) is 48.7 Å². The van der Waals surface area contributed by atoms with Crippen LogP contribution in [0.3, 0.4) is 0 Å². The molecule has 0 aliphatic carbocycles. The molecule has 2 heteroatoms. The predicted molar refractivity (Wildman–Crippen MR) is 34.1 cm³/mol. The molecule has 0 saturated heterocycles. The van der Waals surface area contributed by atoms with Gasteiger partial charge in [-0.3, -0.25) is 0 Å². The third-order valence-electron chi connectivity index (χ3n) is 1.07. The summed E-state index contributed by atoms with van der Waals surface area (Å²) >= 11 is 0. The molecule has 0 saturated carbocycles. The van der Waals surface area contributed by atoms with Crippen molar-refractivity contribution in [1.29, 1.82) is 0 Å². The maximum Gasteiger partial charge on any atom is 0.165 e. The van der Waals surface area contributed by atoms with Crippen molar-refractivity contribution in [2.45, 2.75) is 0 Å². The van der Waals surface area contributed by atoms with Crippen LogP contribution in [0.4, 0.5) is 0 Å². The predicted octanol–water partition coefficient (Wildman–Crippen LogP) is 0.644. The van der Waals surface area contributed by atoms with Crippen LogP contribution in [0.25, 0.3) is 0 Å². The van der Waals surface area contributed by atoms with Crippen LogP contribution >= 0.6 is 0 Å². The lowest BCUT2D eigenvalue weighted by molar-refractivity contribution is 0.577. The van der Waals surface area contributed by atoms with Crippen molar-refractivity contribution < 1.29 is 0 Å². The second-order valence-corrected chi connectivity index (χ2v) is 1.93. The Hall–Kier alpha value is -0.760. The van der Waals surface area contributed by atoms with Crippen molar-refractivity contribution in [3.63, 3.8) is 0 Å². The fourth-order valence-electron chi connectivity index (χ4n) is 0.520. The standard InChI is InChI=1S/C6H10N2/c1-7-3-5-8(2)6-4-7/h3-6H,1-2H3/q+1. The minimum absolute atomic E-state index is 2.00. The zero-order valence-electron chi connectivity index (χ0n) is 5.20. The Kier molecular flexibility index (Phi) is 1.35. The Morgan fingerprint density at radius 2 is 1.75 bits per heavy atom. The number of nitrogens with zero attached hydrogens (tertiary/aromatic N) is 2. The summed E-state index contributed by atoms with van der Waals surface area (Å²) in [5.74, 6) is 0. The number of hydrogen-bond donors (Lipinski definition) is 0. The summed E-state index contributed by atoms with van der Waals surface area (Å²) in [5, 5.41) is 0. The third kappa shape index (κ3) is 1.10. The van der Waals surface area contributed by atoms with Gasteiger partial charge < -0.3 is 4.90 Å². The summed E-state index contributed by atoms with van der Waals surface area (Å²) in [7, 11) is 4.00. The van der Waals surface area contributed by atoms with Crippen LogP contribution in [-0.2, 0) is 0 Å². The van der Waals surface area contributed by atoms with Gasteiger partial charge in [0.15, 0.2) is 12.4 Å². The molecule has 0 atom stereocenters. The molecule has 8 heavy (non-hydrogen) atoms. The lowest BCUT2D eigenvalue weighted by Crippen LogP contribution is -2.16. The van der Waals surface area contributed by atoms with E-state index in [1.54, 1.807) is 0 Å². The highest BCUT2D eigenvalue weighted by molar-refractivity contribution is 5.01. The van der Waals surface area contributed by atoms with Crippen molar-refractivity contribution >= 4 is 0 Å². The summed E-state index contributed by atoms with van der Waals surface area (Å²) < 4.78 is 0. The van der Waals surface area contributed by atoms with Gasteiger partial charge in [0.1, 0.15) is 7.05 Å². The zero-order chi connectivity index (χ0) is 5.98. The van der Waals surface area contributed by atoms with Gasteiger partial charge in [-0.1, -0.05) is 0 Å². The topological polar surface area (TPSA) is 9.14 Å². The first kappa shape index (κ1) is 5.38. The van der Waals surface area contributed by atoms with E-state index in [2.05, 4.69) is 0 Å². The van der Waals surface area contributed by atoms with Crippen molar-refractivity contribution in [2.75, 3.05) is 14.1 Å². The SMILES string of the molecule is CN1C=C[N+](C)C=C1. The second kappa shape index (κ2) is 2.01. The quantitative estimate of drug-likeness (QED) is 0.416. The summed E-state index contributed by atoms with van der Waals surface area (Å²) in [6.07, 6.45) is 8.00. The zero-order valence-corrected chi connectivity index (χ0v) is 5.20. The Balaban J connectivity index is 2.54. The highest BCUT2D eigenvalue weighted by Gasteiger charge is 2.01. The highest BCUT2D eigenvalue weighted by Crippen LogP contribution is 1.94. The summed E-state index contributed by atoms with van der Waals surface area (Å²) in [6, 6.07) is 0. The maximum absolute atomic E-state index is 2.00. The molecule has 1 aliphatic rings. The van der Waals surface area contributed by atoms with Crippen LogP contribution in [0, 0.1) is 0 Å². The minimum atomic E-state index is 2.00. The lowest BCUT2D eigenvalue weighted by atomic mass is 10.6. The van der Waals surface area contributed by atoms with Crippen LogP contribution < -0.4 is 4.90 Å². The second-order valence-electron chi connectivity index (χ2n) is 1.93. The van der Waals surface area contributed by atoms with E-state index in [9.17, 15) is 0 Å². The Bertz CT molecular complexity index is 98.5. The van der Waals surface area contributed by atoms with E-state index >= 15 is 0 Å². The van der Waals surface area contributed by atoms with Crippen LogP contribution in [0.15, 0.2) is 24.8 Å². The molecular formula is C6H10N2+. The minimum Gasteiger partial charge on any atom is -0.348 e. The van der Waals surface area contributed by atoms with E-state index in [0.717, 1.165) is 0 Å². The molecule has 0 N–H and O–H groups in total. The Morgan fingerprint density at radius 1 is 1.25 bits per heavy atom. The molecule has 1 aliphatic heterocycles. The molecule has 0 fully saturated rings. The summed E-state index contributed by atoms with van der Waals surface area (Å²) in [4.78, 5) is 4.00. The molecule has 0 aromatic heterocycles. The van der Waals surface area contributed by atoms with E-state index in [1.165, 1.54) is 0 Å². The van der Waals surface area contributed by atoms with Gasteiger partial charge in [0.25, 0.3) is 0 Å². The monoisotopic (exact) mass is 110 g/mol. The van der Waals surface area contributed by atoms with E-state index in [-0.39, 0.29) is 0 Å². The molecule has 1 rings (SSSR count). The maximum atomic E-state index is 2.00. The molecule has 0 spiro atoms. The molecule has 2 nitrogen and oxygen atoms in total. The van der Waals surface area contributed by atoms with Crippen LogP contribution in [-0.4, -0.2) is 19.0 Å². The van der Waals surface area contributed by atoms with Gasteiger partial charge >= 0.3 is 0 Å². The van der Waals surface area contributed by atoms with Gasteiger partial charge in [-0.15, -0.1) is 4.90 Å². The molecule has 0 bridgehead atoms. The lowest BCUT2D eigenvalue weighted by Gasteiger charge is -2.08. The molecule has 43 valence electrons. The largest absolute Gasteiger partial charge is 0.348 e. The Labute approximate surface area is 49.7 Å². The molecule has 0 unspecified atom stereocenters. The van der Waals surface area contributed by atoms with Gasteiger partial charge in [0.05, 0.1) is 12.4 Å². The average Bonchev–Trinajstić information content (AvgIpc) is 1.77. The first-order chi connectivity index (χ1) is 3.79. The normalized spacial score (nSPS) is 20.0. The molecule has 1 heterocycles. The third-order valence-corrected chi connectivity index (χ3v) is 1.07. The molecular weight excluding hydrogens is 100 g/mol. The molecule has 0 amide bonds. The molecule has 0 aromatic carbocycles. The first-order valence-corrected chi connectivity index (χ1v) is 2.59. The van der Waals surface area contributed by atoms with E-state index < -0.39 is 0 Å². The molecule has 1 radical (unpaired) electrons. The fourth-order valence-corrected chi connectivity index (χ4v) is 0.520. The number of hydrogen-bond acceptors (Lipinski definition) is 2. The van der Waals surface area contributed by atoms with Gasteiger partial charge in [-0.05, 0) is 0 Å². The van der Waals surface area contributed by atoms with Crippen LogP contribution in [0.2, 0.25) is 0 Å². The highest BCUT2D eigenvalue weighted by atomic mass is 15.2. The van der Waals surface area contributed by atoms with Gasteiger partial charge in [-0.25, -0.2) is 0 Å². The molecule has 0 aromatic rings. The Morgan fingerprint density at radius 3 is 2.12 bits per heavy atom. The van der Waals surface area contributed by atoms with Crippen molar-refractivity contribution in [1.82, 2.24) is 9.80 Å².